The SMILES string of the molecule is CC(C)NCc1nc(C(C)C)ncc1N1CCSCC1. The van der Waals surface area contributed by atoms with Gasteiger partial charge in [-0.05, 0) is 0 Å². The normalized spacial score (nSPS) is 16.2. The highest BCUT2D eigenvalue weighted by atomic mass is 32.2. The number of nitrogens with one attached hydrogen (secondary N) is 1. The van der Waals surface area contributed by atoms with Crippen molar-refractivity contribution in [3.05, 3.63) is 17.7 Å². The number of hydrogen-bond acceptors (Lipinski definition) is 5. The molecular weight excluding hydrogens is 268 g/mol. The van der Waals surface area contributed by atoms with Crippen molar-refractivity contribution in [1.82, 2.24) is 15.3 Å². The number of anilines is 1. The van der Waals surface area contributed by atoms with E-state index < -0.39 is 0 Å². The van der Waals surface area contributed by atoms with Gasteiger partial charge in [0.05, 0.1) is 17.6 Å². The minimum Gasteiger partial charge on any atom is -0.367 e. The average molecular weight is 294 g/mol. The second kappa shape index (κ2) is 7.27. The molecule has 1 saturated heterocycles. The van der Waals surface area contributed by atoms with Gasteiger partial charge in [0.25, 0.3) is 0 Å². The standard InChI is InChI=1S/C15H26N4S/c1-11(2)15-17-10-14(19-5-7-20-8-6-19)13(18-15)9-16-12(3)4/h10-12,16H,5-9H2,1-4H3. The zero-order valence-corrected chi connectivity index (χ0v) is 13.8. The number of thioether (sulfide) groups is 1. The second-order valence-electron chi connectivity index (χ2n) is 5.85. The zero-order chi connectivity index (χ0) is 14.5. The predicted molar refractivity (Wildman–Crippen MR) is 87.6 cm³/mol. The van der Waals surface area contributed by atoms with Gasteiger partial charge in [0, 0.05) is 43.1 Å². The first-order valence-electron chi connectivity index (χ1n) is 7.49. The summed E-state index contributed by atoms with van der Waals surface area (Å²) in [5.41, 5.74) is 2.35. The molecule has 5 heteroatoms. The molecule has 0 atom stereocenters. The number of aromatic nitrogens is 2. The van der Waals surface area contributed by atoms with Crippen molar-refractivity contribution in [2.75, 3.05) is 29.5 Å². The Balaban J connectivity index is 2.23. The monoisotopic (exact) mass is 294 g/mol. The fourth-order valence-electron chi connectivity index (χ4n) is 2.20. The summed E-state index contributed by atoms with van der Waals surface area (Å²) in [4.78, 5) is 11.8. The Morgan fingerprint density at radius 1 is 1.25 bits per heavy atom. The van der Waals surface area contributed by atoms with E-state index in [9.17, 15) is 0 Å². The molecule has 1 aromatic rings. The quantitative estimate of drug-likeness (QED) is 0.904. The van der Waals surface area contributed by atoms with Gasteiger partial charge >= 0.3 is 0 Å². The van der Waals surface area contributed by atoms with Crippen molar-refractivity contribution in [1.29, 1.82) is 0 Å². The first kappa shape index (κ1) is 15.6. The summed E-state index contributed by atoms with van der Waals surface area (Å²) in [6, 6.07) is 0.470. The van der Waals surface area contributed by atoms with Crippen molar-refractivity contribution in [2.45, 2.75) is 46.2 Å². The van der Waals surface area contributed by atoms with E-state index in [2.05, 4.69) is 42.9 Å². The second-order valence-corrected chi connectivity index (χ2v) is 7.07. The summed E-state index contributed by atoms with van der Waals surface area (Å²) in [6.45, 7) is 11.6. The molecule has 1 aliphatic heterocycles. The maximum atomic E-state index is 4.80. The fraction of sp³-hybridized carbons (Fsp3) is 0.733. The highest BCUT2D eigenvalue weighted by Gasteiger charge is 2.17. The van der Waals surface area contributed by atoms with Crippen molar-refractivity contribution in [2.24, 2.45) is 0 Å². The Morgan fingerprint density at radius 2 is 1.95 bits per heavy atom. The molecule has 4 nitrogen and oxygen atoms in total. The van der Waals surface area contributed by atoms with Crippen LogP contribution in [0.5, 0.6) is 0 Å². The Kier molecular flexibility index (Phi) is 5.66. The number of rotatable bonds is 5. The van der Waals surface area contributed by atoms with E-state index in [0.29, 0.717) is 12.0 Å². The molecule has 2 heterocycles. The lowest BCUT2D eigenvalue weighted by atomic mass is 10.2. The summed E-state index contributed by atoms with van der Waals surface area (Å²) in [7, 11) is 0. The van der Waals surface area contributed by atoms with Gasteiger partial charge in [0.15, 0.2) is 0 Å². The Labute approximate surface area is 126 Å². The molecule has 1 aromatic heterocycles. The highest BCUT2D eigenvalue weighted by molar-refractivity contribution is 7.99. The molecule has 0 amide bonds. The first-order valence-corrected chi connectivity index (χ1v) is 8.65. The minimum absolute atomic E-state index is 0.374. The highest BCUT2D eigenvalue weighted by Crippen LogP contribution is 2.23. The summed E-state index contributed by atoms with van der Waals surface area (Å²) in [5.74, 6) is 3.71. The largest absolute Gasteiger partial charge is 0.367 e. The topological polar surface area (TPSA) is 41.1 Å². The fourth-order valence-corrected chi connectivity index (χ4v) is 3.11. The third kappa shape index (κ3) is 4.09. The molecule has 0 aliphatic carbocycles. The smallest absolute Gasteiger partial charge is 0.131 e. The van der Waals surface area contributed by atoms with Gasteiger partial charge in [-0.2, -0.15) is 11.8 Å². The maximum absolute atomic E-state index is 4.80. The van der Waals surface area contributed by atoms with E-state index in [4.69, 9.17) is 4.98 Å². The molecule has 0 bridgehead atoms. The van der Waals surface area contributed by atoms with E-state index in [1.165, 1.54) is 17.2 Å². The van der Waals surface area contributed by atoms with Crippen molar-refractivity contribution >= 4 is 17.4 Å². The van der Waals surface area contributed by atoms with Gasteiger partial charge in [0.1, 0.15) is 5.82 Å². The third-order valence-electron chi connectivity index (χ3n) is 3.41. The van der Waals surface area contributed by atoms with Gasteiger partial charge in [-0.25, -0.2) is 9.97 Å². The van der Waals surface area contributed by atoms with Crippen LogP contribution in [0, 0.1) is 0 Å². The van der Waals surface area contributed by atoms with Crippen molar-refractivity contribution in [3.63, 3.8) is 0 Å². The van der Waals surface area contributed by atoms with E-state index in [-0.39, 0.29) is 0 Å². The van der Waals surface area contributed by atoms with Gasteiger partial charge in [-0.3, -0.25) is 0 Å². The van der Waals surface area contributed by atoms with Crippen LogP contribution in [0.1, 0.15) is 45.1 Å². The minimum atomic E-state index is 0.374. The van der Waals surface area contributed by atoms with Crippen LogP contribution in [0.4, 0.5) is 5.69 Å². The van der Waals surface area contributed by atoms with Gasteiger partial charge in [-0.15, -0.1) is 0 Å². The van der Waals surface area contributed by atoms with Gasteiger partial charge < -0.3 is 10.2 Å². The molecule has 1 fully saturated rings. The van der Waals surface area contributed by atoms with Crippen LogP contribution >= 0.6 is 11.8 Å². The molecule has 1 aliphatic rings. The van der Waals surface area contributed by atoms with Gasteiger partial charge in [-0.1, -0.05) is 27.7 Å². The Morgan fingerprint density at radius 3 is 2.55 bits per heavy atom. The lowest BCUT2D eigenvalue weighted by molar-refractivity contribution is 0.575. The zero-order valence-electron chi connectivity index (χ0n) is 13.0. The summed E-state index contributed by atoms with van der Waals surface area (Å²) in [6.07, 6.45) is 2.02. The molecule has 0 unspecified atom stereocenters. The van der Waals surface area contributed by atoms with Crippen molar-refractivity contribution < 1.29 is 0 Å². The summed E-state index contributed by atoms with van der Waals surface area (Å²) in [5, 5.41) is 3.49. The molecule has 0 spiro atoms. The summed E-state index contributed by atoms with van der Waals surface area (Å²) >= 11 is 2.03. The van der Waals surface area contributed by atoms with Crippen molar-refractivity contribution in [3.8, 4) is 0 Å². The third-order valence-corrected chi connectivity index (χ3v) is 4.35. The number of hydrogen-bond donors (Lipinski definition) is 1. The van der Waals surface area contributed by atoms with Crippen LogP contribution in [0.25, 0.3) is 0 Å². The van der Waals surface area contributed by atoms with E-state index in [1.54, 1.807) is 0 Å². The molecule has 0 saturated carbocycles. The first-order chi connectivity index (χ1) is 9.58. The molecule has 112 valence electrons. The van der Waals surface area contributed by atoms with Crippen LogP contribution in [0.15, 0.2) is 6.20 Å². The molecule has 2 rings (SSSR count). The molecule has 1 N–H and O–H groups in total. The molecule has 20 heavy (non-hydrogen) atoms. The lowest BCUT2D eigenvalue weighted by Gasteiger charge is -2.30. The molecular formula is C15H26N4S. The van der Waals surface area contributed by atoms with Crippen LogP contribution < -0.4 is 10.2 Å². The molecule has 0 radical (unpaired) electrons. The molecule has 0 aromatic carbocycles. The van der Waals surface area contributed by atoms with E-state index in [0.717, 1.165) is 31.2 Å². The maximum Gasteiger partial charge on any atom is 0.131 e. The summed E-state index contributed by atoms with van der Waals surface area (Å²) < 4.78 is 0. The predicted octanol–water partition coefficient (Wildman–Crippen LogP) is 2.65. The van der Waals surface area contributed by atoms with E-state index in [1.807, 2.05) is 18.0 Å². The Hall–Kier alpha value is -0.810. The number of nitrogens with zero attached hydrogens (tertiary/aromatic N) is 3. The average Bonchev–Trinajstić information content (AvgIpc) is 2.45. The Bertz CT molecular complexity index is 428. The van der Waals surface area contributed by atoms with Crippen LogP contribution in [-0.4, -0.2) is 40.6 Å². The van der Waals surface area contributed by atoms with Gasteiger partial charge in [0.2, 0.25) is 0 Å². The van der Waals surface area contributed by atoms with E-state index >= 15 is 0 Å². The van der Waals surface area contributed by atoms with Crippen LogP contribution in [0.3, 0.4) is 0 Å². The van der Waals surface area contributed by atoms with Crippen LogP contribution in [-0.2, 0) is 6.54 Å². The lowest BCUT2D eigenvalue weighted by Crippen LogP contribution is -2.34. The van der Waals surface area contributed by atoms with Crippen LogP contribution in [0.2, 0.25) is 0 Å².